The summed E-state index contributed by atoms with van der Waals surface area (Å²) in [5, 5.41) is 6.06. The topological polar surface area (TPSA) is 79.9 Å². The van der Waals surface area contributed by atoms with Crippen LogP contribution in [0.4, 0.5) is 11.4 Å². The Balaban J connectivity index is 1.48. The fourth-order valence-electron chi connectivity index (χ4n) is 3.38. The Kier molecular flexibility index (Phi) is 7.19. The van der Waals surface area contributed by atoms with E-state index in [1.807, 2.05) is 55.5 Å². The Labute approximate surface area is 203 Å². The number of anilines is 2. The number of para-hydroxylation sites is 2. The minimum absolute atomic E-state index is 0.171. The van der Waals surface area contributed by atoms with Crippen molar-refractivity contribution < 1.29 is 19.1 Å². The van der Waals surface area contributed by atoms with E-state index in [-0.39, 0.29) is 18.4 Å². The molecule has 1 aliphatic rings. The van der Waals surface area contributed by atoms with Crippen molar-refractivity contribution in [3.8, 4) is 11.5 Å². The third kappa shape index (κ3) is 5.41. The SMILES string of the molecule is CCOc1cc(/C=C2/NC(=S)N(c3ccccc3)C2=O)ccc1OCC(=O)Nc1ccccc1. The summed E-state index contributed by atoms with van der Waals surface area (Å²) in [4.78, 5) is 26.6. The average molecular weight is 474 g/mol. The van der Waals surface area contributed by atoms with E-state index in [2.05, 4.69) is 10.6 Å². The minimum Gasteiger partial charge on any atom is -0.490 e. The fraction of sp³-hybridized carbons (Fsp3) is 0.115. The normalized spacial score (nSPS) is 14.1. The molecule has 0 bridgehead atoms. The Morgan fingerprint density at radius 2 is 1.71 bits per heavy atom. The van der Waals surface area contributed by atoms with E-state index in [4.69, 9.17) is 21.7 Å². The molecule has 3 aromatic rings. The van der Waals surface area contributed by atoms with Crippen LogP contribution in [0.5, 0.6) is 11.5 Å². The molecule has 0 saturated carbocycles. The van der Waals surface area contributed by atoms with Crippen molar-refractivity contribution in [3.63, 3.8) is 0 Å². The van der Waals surface area contributed by atoms with E-state index in [1.54, 1.807) is 36.4 Å². The van der Waals surface area contributed by atoms with Crippen LogP contribution in [0.3, 0.4) is 0 Å². The number of benzene rings is 3. The Hall–Kier alpha value is -4.17. The minimum atomic E-state index is -0.282. The summed E-state index contributed by atoms with van der Waals surface area (Å²) < 4.78 is 11.4. The van der Waals surface area contributed by atoms with Gasteiger partial charge < -0.3 is 20.1 Å². The first-order valence-corrected chi connectivity index (χ1v) is 11.1. The molecular weight excluding hydrogens is 450 g/mol. The van der Waals surface area contributed by atoms with Gasteiger partial charge in [0, 0.05) is 5.69 Å². The van der Waals surface area contributed by atoms with Gasteiger partial charge in [0.1, 0.15) is 5.70 Å². The maximum absolute atomic E-state index is 12.9. The summed E-state index contributed by atoms with van der Waals surface area (Å²) >= 11 is 5.36. The van der Waals surface area contributed by atoms with Crippen molar-refractivity contribution in [2.45, 2.75) is 6.92 Å². The molecule has 1 fully saturated rings. The molecular formula is C26H23N3O4S. The van der Waals surface area contributed by atoms with Gasteiger partial charge in [-0.25, -0.2) is 0 Å². The van der Waals surface area contributed by atoms with Crippen LogP contribution >= 0.6 is 12.2 Å². The zero-order valence-corrected chi connectivity index (χ0v) is 19.3. The fourth-order valence-corrected chi connectivity index (χ4v) is 3.68. The van der Waals surface area contributed by atoms with Crippen LogP contribution in [0.1, 0.15) is 12.5 Å². The molecule has 0 radical (unpaired) electrons. The van der Waals surface area contributed by atoms with Crippen LogP contribution in [-0.2, 0) is 9.59 Å². The van der Waals surface area contributed by atoms with Crippen LogP contribution in [-0.4, -0.2) is 30.1 Å². The Bertz CT molecular complexity index is 1230. The summed E-state index contributed by atoms with van der Waals surface area (Å²) in [5.41, 5.74) is 2.46. The van der Waals surface area contributed by atoms with E-state index in [9.17, 15) is 9.59 Å². The van der Waals surface area contributed by atoms with Crippen molar-refractivity contribution in [1.29, 1.82) is 0 Å². The molecule has 4 rings (SSSR count). The van der Waals surface area contributed by atoms with Crippen LogP contribution in [0, 0.1) is 0 Å². The summed E-state index contributed by atoms with van der Waals surface area (Å²) in [6.07, 6.45) is 1.70. The zero-order chi connectivity index (χ0) is 23.9. The standard InChI is InChI=1S/C26H23N3O4S/c1-2-32-23-16-18(13-14-22(23)33-17-24(30)27-19-9-5-3-6-10-19)15-21-25(31)29(26(34)28-21)20-11-7-4-8-12-20/h3-16H,2,17H2,1H3,(H,27,30)(H,28,34)/b21-15+. The van der Waals surface area contributed by atoms with Crippen molar-refractivity contribution in [2.24, 2.45) is 0 Å². The molecule has 1 heterocycles. The Morgan fingerprint density at radius 3 is 2.41 bits per heavy atom. The number of carbonyl (C=O) groups is 2. The molecule has 0 aliphatic carbocycles. The first-order chi connectivity index (χ1) is 16.5. The number of nitrogens with one attached hydrogen (secondary N) is 2. The molecule has 0 atom stereocenters. The number of hydrogen-bond donors (Lipinski definition) is 2. The van der Waals surface area contributed by atoms with Gasteiger partial charge in [0.05, 0.1) is 12.3 Å². The van der Waals surface area contributed by atoms with Gasteiger partial charge in [0.2, 0.25) is 0 Å². The van der Waals surface area contributed by atoms with Gasteiger partial charge in [-0.3, -0.25) is 14.5 Å². The number of ether oxygens (including phenoxy) is 2. The average Bonchev–Trinajstić information content (AvgIpc) is 3.12. The van der Waals surface area contributed by atoms with E-state index in [0.717, 1.165) is 5.56 Å². The predicted octanol–water partition coefficient (Wildman–Crippen LogP) is 4.37. The van der Waals surface area contributed by atoms with Crippen molar-refractivity contribution >= 4 is 46.6 Å². The second-order valence-corrected chi connectivity index (χ2v) is 7.69. The first-order valence-electron chi connectivity index (χ1n) is 10.7. The molecule has 172 valence electrons. The van der Waals surface area contributed by atoms with Crippen molar-refractivity contribution in [1.82, 2.24) is 5.32 Å². The highest BCUT2D eigenvalue weighted by atomic mass is 32.1. The van der Waals surface area contributed by atoms with Gasteiger partial charge in [0.15, 0.2) is 23.2 Å². The number of carbonyl (C=O) groups excluding carboxylic acids is 2. The van der Waals surface area contributed by atoms with Gasteiger partial charge in [-0.15, -0.1) is 0 Å². The lowest BCUT2D eigenvalue weighted by Gasteiger charge is -2.13. The summed E-state index contributed by atoms with van der Waals surface area (Å²) in [6, 6.07) is 23.6. The number of amides is 2. The lowest BCUT2D eigenvalue weighted by Crippen LogP contribution is -2.30. The monoisotopic (exact) mass is 473 g/mol. The summed E-state index contributed by atoms with van der Waals surface area (Å²) in [5.74, 6) is 0.374. The van der Waals surface area contributed by atoms with E-state index >= 15 is 0 Å². The lowest BCUT2D eigenvalue weighted by molar-refractivity contribution is -0.118. The zero-order valence-electron chi connectivity index (χ0n) is 18.5. The predicted molar refractivity (Wildman–Crippen MR) is 136 cm³/mol. The number of thiocarbonyl (C=S) groups is 1. The van der Waals surface area contributed by atoms with Gasteiger partial charge in [-0.05, 0) is 67.2 Å². The molecule has 2 N–H and O–H groups in total. The first kappa shape index (κ1) is 23.0. The highest BCUT2D eigenvalue weighted by Crippen LogP contribution is 2.30. The Morgan fingerprint density at radius 1 is 1.00 bits per heavy atom. The third-order valence-corrected chi connectivity index (χ3v) is 5.17. The molecule has 8 heteroatoms. The van der Waals surface area contributed by atoms with E-state index in [1.165, 1.54) is 4.90 Å². The molecule has 1 saturated heterocycles. The summed E-state index contributed by atoms with van der Waals surface area (Å²) in [7, 11) is 0. The molecule has 0 spiro atoms. The molecule has 7 nitrogen and oxygen atoms in total. The van der Waals surface area contributed by atoms with Crippen LogP contribution < -0.4 is 25.0 Å². The molecule has 1 aliphatic heterocycles. The number of nitrogens with zero attached hydrogens (tertiary/aromatic N) is 1. The maximum Gasteiger partial charge on any atom is 0.281 e. The molecule has 0 aromatic heterocycles. The van der Waals surface area contributed by atoms with Crippen LogP contribution in [0.25, 0.3) is 6.08 Å². The summed E-state index contributed by atoms with van der Waals surface area (Å²) in [6.45, 7) is 2.10. The van der Waals surface area contributed by atoms with Crippen LogP contribution in [0.2, 0.25) is 0 Å². The number of hydrogen-bond acceptors (Lipinski definition) is 5. The molecule has 0 unspecified atom stereocenters. The highest BCUT2D eigenvalue weighted by molar-refractivity contribution is 7.80. The maximum atomic E-state index is 12.9. The lowest BCUT2D eigenvalue weighted by atomic mass is 10.1. The smallest absolute Gasteiger partial charge is 0.281 e. The van der Waals surface area contributed by atoms with Crippen molar-refractivity contribution in [3.05, 3.63) is 90.1 Å². The third-order valence-electron chi connectivity index (χ3n) is 4.89. The quantitative estimate of drug-likeness (QED) is 0.374. The van der Waals surface area contributed by atoms with Crippen LogP contribution in [0.15, 0.2) is 84.6 Å². The number of rotatable bonds is 8. The molecule has 2 amide bonds. The molecule has 34 heavy (non-hydrogen) atoms. The second-order valence-electron chi connectivity index (χ2n) is 7.31. The second kappa shape index (κ2) is 10.6. The highest BCUT2D eigenvalue weighted by Gasteiger charge is 2.31. The molecule has 3 aromatic carbocycles. The van der Waals surface area contributed by atoms with Gasteiger partial charge in [-0.1, -0.05) is 42.5 Å². The van der Waals surface area contributed by atoms with Gasteiger partial charge in [0.25, 0.3) is 11.8 Å². The largest absolute Gasteiger partial charge is 0.490 e. The van der Waals surface area contributed by atoms with Crippen molar-refractivity contribution in [2.75, 3.05) is 23.4 Å². The van der Waals surface area contributed by atoms with E-state index in [0.29, 0.717) is 40.3 Å². The van der Waals surface area contributed by atoms with Gasteiger partial charge in [-0.2, -0.15) is 0 Å². The van der Waals surface area contributed by atoms with E-state index < -0.39 is 0 Å². The van der Waals surface area contributed by atoms with Gasteiger partial charge >= 0.3 is 0 Å².